The topological polar surface area (TPSA) is 83.6 Å². The van der Waals surface area contributed by atoms with Crippen LogP contribution >= 0.6 is 0 Å². The van der Waals surface area contributed by atoms with Crippen LogP contribution in [-0.4, -0.2) is 15.1 Å². The predicted molar refractivity (Wildman–Crippen MR) is 96.3 cm³/mol. The average Bonchev–Trinajstić information content (AvgIpc) is 2.62. The lowest BCUT2D eigenvalue weighted by Gasteiger charge is -2.10. The van der Waals surface area contributed by atoms with Crippen molar-refractivity contribution < 1.29 is 15.1 Å². The highest BCUT2D eigenvalue weighted by Crippen LogP contribution is 2.29. The van der Waals surface area contributed by atoms with Crippen molar-refractivity contribution in [3.8, 4) is 11.5 Å². The number of nitro groups is 1. The Morgan fingerprint density at radius 1 is 0.760 bits per heavy atom. The van der Waals surface area contributed by atoms with Crippen molar-refractivity contribution in [2.45, 2.75) is 0 Å². The van der Waals surface area contributed by atoms with Gasteiger partial charge in [-0.3, -0.25) is 10.1 Å². The highest BCUT2D eigenvalue weighted by molar-refractivity contribution is 5.91. The van der Waals surface area contributed by atoms with Gasteiger partial charge in [-0.25, -0.2) is 0 Å². The van der Waals surface area contributed by atoms with Crippen LogP contribution in [0.4, 0.5) is 5.69 Å². The zero-order chi connectivity index (χ0) is 17.8. The number of benzene rings is 3. The van der Waals surface area contributed by atoms with E-state index in [4.69, 9.17) is 0 Å². The molecule has 0 amide bonds. The van der Waals surface area contributed by atoms with Gasteiger partial charge in [0.15, 0.2) is 0 Å². The fourth-order valence-electron chi connectivity index (χ4n) is 2.47. The van der Waals surface area contributed by atoms with Crippen LogP contribution in [0.15, 0.2) is 72.8 Å². The second-order valence-electron chi connectivity index (χ2n) is 5.50. The molecular formula is C20H15NO4. The first kappa shape index (κ1) is 16.3. The molecule has 0 fully saturated rings. The van der Waals surface area contributed by atoms with Crippen molar-refractivity contribution in [2.75, 3.05) is 0 Å². The molecule has 2 N–H and O–H groups in total. The van der Waals surface area contributed by atoms with E-state index in [1.165, 1.54) is 12.1 Å². The molecule has 0 saturated carbocycles. The highest BCUT2D eigenvalue weighted by atomic mass is 16.6. The van der Waals surface area contributed by atoms with Crippen LogP contribution in [0.3, 0.4) is 0 Å². The lowest BCUT2D eigenvalue weighted by molar-refractivity contribution is -0.384. The first-order chi connectivity index (χ1) is 12.0. The number of phenols is 2. The van der Waals surface area contributed by atoms with Gasteiger partial charge in [0.25, 0.3) is 5.69 Å². The number of nitro benzene ring substituents is 1. The van der Waals surface area contributed by atoms with Crippen LogP contribution < -0.4 is 0 Å². The van der Waals surface area contributed by atoms with Gasteiger partial charge in [0.2, 0.25) is 0 Å². The molecule has 0 aliphatic rings. The number of phenolic OH excluding ortho intramolecular Hbond substituents is 2. The first-order valence-electron chi connectivity index (χ1n) is 7.58. The van der Waals surface area contributed by atoms with Crippen LogP contribution in [0.2, 0.25) is 0 Å². The molecule has 0 heterocycles. The van der Waals surface area contributed by atoms with Gasteiger partial charge in [0, 0.05) is 12.1 Å². The summed E-state index contributed by atoms with van der Waals surface area (Å²) in [6, 6.07) is 19.8. The van der Waals surface area contributed by atoms with Gasteiger partial charge in [0.1, 0.15) is 11.5 Å². The van der Waals surface area contributed by atoms with Gasteiger partial charge in [-0.1, -0.05) is 24.3 Å². The summed E-state index contributed by atoms with van der Waals surface area (Å²) in [5, 5.41) is 29.8. The van der Waals surface area contributed by atoms with E-state index in [-0.39, 0.29) is 17.2 Å². The third kappa shape index (κ3) is 3.84. The monoisotopic (exact) mass is 333 g/mol. The fraction of sp³-hybridized carbons (Fsp3) is 0. The summed E-state index contributed by atoms with van der Waals surface area (Å²) < 4.78 is 0. The number of nitrogens with zero attached hydrogens (tertiary/aromatic N) is 1. The Morgan fingerprint density at radius 3 is 1.60 bits per heavy atom. The summed E-state index contributed by atoms with van der Waals surface area (Å²) in [5.74, 6) is 0.341. The number of aromatic hydroxyl groups is 2. The Hall–Kier alpha value is -3.60. The number of rotatable bonds is 4. The Labute approximate surface area is 144 Å². The molecule has 0 aromatic heterocycles. The van der Waals surface area contributed by atoms with E-state index in [0.29, 0.717) is 0 Å². The first-order valence-corrected chi connectivity index (χ1v) is 7.58. The molecule has 0 bridgehead atoms. The van der Waals surface area contributed by atoms with Crippen molar-refractivity contribution in [3.05, 3.63) is 99.6 Å². The highest BCUT2D eigenvalue weighted by Gasteiger charge is 2.08. The number of hydrogen-bond donors (Lipinski definition) is 2. The van der Waals surface area contributed by atoms with E-state index < -0.39 is 4.92 Å². The quantitative estimate of drug-likeness (QED) is 0.415. The van der Waals surface area contributed by atoms with Crippen molar-refractivity contribution in [2.24, 2.45) is 0 Å². The Kier molecular flexibility index (Phi) is 4.48. The van der Waals surface area contributed by atoms with Gasteiger partial charge in [-0.15, -0.1) is 0 Å². The number of non-ortho nitro benzene ring substituents is 1. The molecule has 0 radical (unpaired) electrons. The zero-order valence-electron chi connectivity index (χ0n) is 13.2. The molecule has 3 rings (SSSR count). The minimum Gasteiger partial charge on any atom is -0.508 e. The SMILES string of the molecule is O=[N+]([O-])c1ccc(C=C(c2ccc(O)cc2)c2ccc(O)cc2)cc1. The van der Waals surface area contributed by atoms with Crippen LogP contribution in [0.5, 0.6) is 11.5 Å². The van der Waals surface area contributed by atoms with Crippen molar-refractivity contribution >= 4 is 17.3 Å². The number of hydrogen-bond acceptors (Lipinski definition) is 4. The van der Waals surface area contributed by atoms with Crippen molar-refractivity contribution in [1.82, 2.24) is 0 Å². The van der Waals surface area contributed by atoms with Gasteiger partial charge in [-0.05, 0) is 64.7 Å². The van der Waals surface area contributed by atoms with Crippen molar-refractivity contribution in [1.29, 1.82) is 0 Å². The summed E-state index contributed by atoms with van der Waals surface area (Å²) in [4.78, 5) is 10.3. The van der Waals surface area contributed by atoms with Crippen LogP contribution in [0.1, 0.15) is 16.7 Å². The van der Waals surface area contributed by atoms with Crippen LogP contribution in [0.25, 0.3) is 11.6 Å². The molecule has 0 aliphatic heterocycles. The molecule has 5 heteroatoms. The van der Waals surface area contributed by atoms with Gasteiger partial charge in [-0.2, -0.15) is 0 Å². The zero-order valence-corrected chi connectivity index (χ0v) is 13.2. The summed E-state index contributed by atoms with van der Waals surface area (Å²) in [7, 11) is 0. The summed E-state index contributed by atoms with van der Waals surface area (Å²) in [6.45, 7) is 0. The second kappa shape index (κ2) is 6.88. The van der Waals surface area contributed by atoms with Gasteiger partial charge >= 0.3 is 0 Å². The van der Waals surface area contributed by atoms with Crippen LogP contribution in [0, 0.1) is 10.1 Å². The molecule has 5 nitrogen and oxygen atoms in total. The lowest BCUT2D eigenvalue weighted by Crippen LogP contribution is -1.89. The molecule has 0 aliphatic carbocycles. The van der Waals surface area contributed by atoms with Crippen LogP contribution in [-0.2, 0) is 0 Å². The minimum absolute atomic E-state index is 0.0352. The molecule has 0 atom stereocenters. The standard InChI is InChI=1S/C20H15NO4/c22-18-9-3-15(4-10-18)20(16-5-11-19(23)12-6-16)13-14-1-7-17(8-2-14)21(24)25/h1-13,22-23H. The van der Waals surface area contributed by atoms with E-state index in [9.17, 15) is 20.3 Å². The average molecular weight is 333 g/mol. The Bertz CT molecular complexity index is 864. The van der Waals surface area contributed by atoms with E-state index in [0.717, 1.165) is 22.3 Å². The molecule has 0 spiro atoms. The largest absolute Gasteiger partial charge is 0.508 e. The van der Waals surface area contributed by atoms with E-state index >= 15 is 0 Å². The molecule has 25 heavy (non-hydrogen) atoms. The predicted octanol–water partition coefficient (Wildman–Crippen LogP) is 4.59. The summed E-state index contributed by atoms with van der Waals surface area (Å²) in [6.07, 6.45) is 1.91. The fourth-order valence-corrected chi connectivity index (χ4v) is 2.47. The Morgan fingerprint density at radius 2 is 1.20 bits per heavy atom. The molecule has 124 valence electrons. The molecule has 3 aromatic rings. The van der Waals surface area contributed by atoms with E-state index in [2.05, 4.69) is 0 Å². The molecular weight excluding hydrogens is 318 g/mol. The lowest BCUT2D eigenvalue weighted by atomic mass is 9.95. The smallest absolute Gasteiger partial charge is 0.269 e. The maximum atomic E-state index is 10.8. The van der Waals surface area contributed by atoms with E-state index in [1.807, 2.05) is 6.08 Å². The summed E-state index contributed by atoms with van der Waals surface area (Å²) in [5.41, 5.74) is 3.47. The molecule has 0 saturated heterocycles. The third-order valence-electron chi connectivity index (χ3n) is 3.77. The maximum Gasteiger partial charge on any atom is 0.269 e. The van der Waals surface area contributed by atoms with Gasteiger partial charge in [0.05, 0.1) is 4.92 Å². The molecule has 3 aromatic carbocycles. The Balaban J connectivity index is 2.08. The normalized spacial score (nSPS) is 10.2. The van der Waals surface area contributed by atoms with Crippen molar-refractivity contribution in [3.63, 3.8) is 0 Å². The third-order valence-corrected chi connectivity index (χ3v) is 3.77. The minimum atomic E-state index is -0.436. The maximum absolute atomic E-state index is 10.8. The molecule has 0 unspecified atom stereocenters. The summed E-state index contributed by atoms with van der Waals surface area (Å²) >= 11 is 0. The van der Waals surface area contributed by atoms with Gasteiger partial charge < -0.3 is 10.2 Å². The second-order valence-corrected chi connectivity index (χ2v) is 5.50. The van der Waals surface area contributed by atoms with E-state index in [1.54, 1.807) is 60.7 Å².